The third kappa shape index (κ3) is 4.50. The van der Waals surface area contributed by atoms with Crippen molar-refractivity contribution in [3.8, 4) is 0 Å². The lowest BCUT2D eigenvalue weighted by Crippen LogP contribution is -2.53. The van der Waals surface area contributed by atoms with E-state index in [2.05, 4.69) is 15.1 Å². The van der Waals surface area contributed by atoms with Gasteiger partial charge in [-0.3, -0.25) is 9.69 Å². The monoisotopic (exact) mass is 337 g/mol. The van der Waals surface area contributed by atoms with Crippen molar-refractivity contribution in [2.45, 2.75) is 63.5 Å². The molecule has 5 heteroatoms. The smallest absolute Gasteiger partial charge is 0.239 e. The Bertz CT molecular complexity index is 390. The summed E-state index contributed by atoms with van der Waals surface area (Å²) in [5, 5.41) is 3.44. The van der Waals surface area contributed by atoms with Crippen LogP contribution in [0.4, 0.5) is 0 Å². The molecule has 3 heterocycles. The highest BCUT2D eigenvalue weighted by atomic mass is 16.5. The van der Waals surface area contributed by atoms with E-state index in [1.165, 1.54) is 38.5 Å². The number of carbonyl (C=O) groups is 1. The maximum Gasteiger partial charge on any atom is 0.239 e. The Morgan fingerprint density at radius 3 is 2.54 bits per heavy atom. The molecule has 3 fully saturated rings. The van der Waals surface area contributed by atoms with E-state index in [1.807, 2.05) is 0 Å². The molecule has 0 aromatic heterocycles. The van der Waals surface area contributed by atoms with Crippen LogP contribution in [0.25, 0.3) is 0 Å². The second-order valence-electron chi connectivity index (χ2n) is 7.78. The van der Waals surface area contributed by atoms with Crippen LogP contribution in [0.3, 0.4) is 0 Å². The minimum atomic E-state index is 0.165. The largest absolute Gasteiger partial charge is 0.385 e. The zero-order valence-electron chi connectivity index (χ0n) is 15.3. The molecule has 0 aromatic carbocycles. The van der Waals surface area contributed by atoms with Crippen molar-refractivity contribution in [3.05, 3.63) is 0 Å². The zero-order valence-corrected chi connectivity index (χ0v) is 15.3. The van der Waals surface area contributed by atoms with Crippen LogP contribution in [0, 0.1) is 5.92 Å². The molecule has 5 nitrogen and oxygen atoms in total. The molecule has 1 amide bonds. The molecular weight excluding hydrogens is 302 g/mol. The fraction of sp³-hybridized carbons (Fsp3) is 0.947. The highest BCUT2D eigenvalue weighted by molar-refractivity contribution is 5.82. The first-order valence-corrected chi connectivity index (χ1v) is 10.0. The molecule has 3 aliphatic heterocycles. The van der Waals surface area contributed by atoms with Crippen LogP contribution >= 0.6 is 0 Å². The molecule has 1 N–H and O–H groups in total. The van der Waals surface area contributed by atoms with Crippen molar-refractivity contribution in [1.82, 2.24) is 15.1 Å². The summed E-state index contributed by atoms with van der Waals surface area (Å²) in [6.07, 6.45) is 9.41. The quantitative estimate of drug-likeness (QED) is 0.752. The standard InChI is InChI=1S/C19H35N3O2/c1-24-15-3-4-16-8-13-21(14-9-16)19(23)18-5-2-12-22(18)17-6-10-20-11-7-17/h16-18,20H,2-15H2,1H3. The first-order valence-electron chi connectivity index (χ1n) is 10.0. The minimum absolute atomic E-state index is 0.165. The van der Waals surface area contributed by atoms with Crippen molar-refractivity contribution >= 4 is 5.91 Å². The number of hydrogen-bond acceptors (Lipinski definition) is 4. The third-order valence-electron chi connectivity index (χ3n) is 6.24. The van der Waals surface area contributed by atoms with Crippen molar-refractivity contribution in [3.63, 3.8) is 0 Å². The molecule has 3 saturated heterocycles. The Morgan fingerprint density at radius 1 is 1.08 bits per heavy atom. The van der Waals surface area contributed by atoms with Gasteiger partial charge in [0.1, 0.15) is 0 Å². The molecule has 3 rings (SSSR count). The summed E-state index contributed by atoms with van der Waals surface area (Å²) in [5.74, 6) is 1.20. The summed E-state index contributed by atoms with van der Waals surface area (Å²) in [7, 11) is 1.77. The maximum atomic E-state index is 13.1. The number of hydrogen-bond donors (Lipinski definition) is 1. The zero-order chi connectivity index (χ0) is 16.8. The summed E-state index contributed by atoms with van der Waals surface area (Å²) in [4.78, 5) is 17.8. The highest BCUT2D eigenvalue weighted by Crippen LogP contribution is 2.28. The molecule has 24 heavy (non-hydrogen) atoms. The normalized spacial score (nSPS) is 27.7. The Morgan fingerprint density at radius 2 is 1.83 bits per heavy atom. The topological polar surface area (TPSA) is 44.8 Å². The number of likely N-dealkylation sites (tertiary alicyclic amines) is 2. The van der Waals surface area contributed by atoms with Crippen LogP contribution in [0.2, 0.25) is 0 Å². The molecular formula is C19H35N3O2. The van der Waals surface area contributed by atoms with Crippen LogP contribution in [-0.4, -0.2) is 74.2 Å². The van der Waals surface area contributed by atoms with Gasteiger partial charge in [0.05, 0.1) is 6.04 Å². The van der Waals surface area contributed by atoms with Crippen molar-refractivity contribution < 1.29 is 9.53 Å². The number of ether oxygens (including phenoxy) is 1. The highest BCUT2D eigenvalue weighted by Gasteiger charge is 2.38. The van der Waals surface area contributed by atoms with E-state index in [1.54, 1.807) is 7.11 Å². The summed E-state index contributed by atoms with van der Waals surface area (Å²) in [6.45, 7) is 6.13. The number of rotatable bonds is 6. The van der Waals surface area contributed by atoms with Crippen LogP contribution in [0.15, 0.2) is 0 Å². The number of nitrogens with one attached hydrogen (secondary N) is 1. The fourth-order valence-corrected chi connectivity index (χ4v) is 4.80. The van der Waals surface area contributed by atoms with E-state index < -0.39 is 0 Å². The van der Waals surface area contributed by atoms with Gasteiger partial charge in [-0.2, -0.15) is 0 Å². The molecule has 1 unspecified atom stereocenters. The van der Waals surface area contributed by atoms with Crippen molar-refractivity contribution in [2.75, 3.05) is 46.4 Å². The van der Waals surface area contributed by atoms with E-state index in [0.29, 0.717) is 11.9 Å². The number of amides is 1. The minimum Gasteiger partial charge on any atom is -0.385 e. The summed E-state index contributed by atoms with van der Waals surface area (Å²) in [5.41, 5.74) is 0. The van der Waals surface area contributed by atoms with Gasteiger partial charge in [-0.15, -0.1) is 0 Å². The van der Waals surface area contributed by atoms with Gasteiger partial charge in [0.2, 0.25) is 5.91 Å². The Kier molecular flexibility index (Phi) is 6.93. The van der Waals surface area contributed by atoms with Gasteiger partial charge in [-0.1, -0.05) is 0 Å². The van der Waals surface area contributed by atoms with Gasteiger partial charge in [-0.05, 0) is 76.9 Å². The van der Waals surface area contributed by atoms with Gasteiger partial charge < -0.3 is 15.0 Å². The van der Waals surface area contributed by atoms with Crippen LogP contribution in [-0.2, 0) is 9.53 Å². The molecule has 138 valence electrons. The Balaban J connectivity index is 1.47. The number of carbonyl (C=O) groups excluding carboxylic acids is 1. The first kappa shape index (κ1) is 18.2. The Hall–Kier alpha value is -0.650. The molecule has 0 aromatic rings. The molecule has 0 spiro atoms. The SMILES string of the molecule is COCCCC1CCN(C(=O)C2CCCN2C2CCNCC2)CC1. The molecule has 0 radical (unpaired) electrons. The lowest BCUT2D eigenvalue weighted by molar-refractivity contribution is -0.138. The van der Waals surface area contributed by atoms with Crippen LogP contribution < -0.4 is 5.32 Å². The lowest BCUT2D eigenvalue weighted by Gasteiger charge is -2.39. The van der Waals surface area contributed by atoms with E-state index >= 15 is 0 Å². The summed E-state index contributed by atoms with van der Waals surface area (Å²) < 4.78 is 5.15. The van der Waals surface area contributed by atoms with Crippen LogP contribution in [0.5, 0.6) is 0 Å². The first-order chi connectivity index (χ1) is 11.8. The molecule has 0 bridgehead atoms. The molecule has 1 atom stereocenters. The molecule has 0 aliphatic carbocycles. The molecule has 0 saturated carbocycles. The van der Waals surface area contributed by atoms with Crippen molar-refractivity contribution in [2.24, 2.45) is 5.92 Å². The van der Waals surface area contributed by atoms with Crippen molar-refractivity contribution in [1.29, 1.82) is 0 Å². The average Bonchev–Trinajstić information content (AvgIpc) is 3.12. The fourth-order valence-electron chi connectivity index (χ4n) is 4.80. The second-order valence-corrected chi connectivity index (χ2v) is 7.78. The predicted molar refractivity (Wildman–Crippen MR) is 96.0 cm³/mol. The van der Waals surface area contributed by atoms with Crippen LogP contribution in [0.1, 0.15) is 51.4 Å². The number of nitrogens with zero attached hydrogens (tertiary/aromatic N) is 2. The second kappa shape index (κ2) is 9.16. The van der Waals surface area contributed by atoms with Gasteiger partial charge in [0, 0.05) is 32.8 Å². The number of methoxy groups -OCH3 is 1. The predicted octanol–water partition coefficient (Wildman–Crippen LogP) is 1.87. The van der Waals surface area contributed by atoms with E-state index in [-0.39, 0.29) is 6.04 Å². The van der Waals surface area contributed by atoms with E-state index in [0.717, 1.165) is 58.1 Å². The van der Waals surface area contributed by atoms with E-state index in [4.69, 9.17) is 4.74 Å². The molecule has 3 aliphatic rings. The van der Waals surface area contributed by atoms with Gasteiger partial charge in [-0.25, -0.2) is 0 Å². The average molecular weight is 338 g/mol. The lowest BCUT2D eigenvalue weighted by atomic mass is 9.92. The number of piperidine rings is 2. The maximum absolute atomic E-state index is 13.1. The summed E-state index contributed by atoms with van der Waals surface area (Å²) in [6, 6.07) is 0.785. The van der Waals surface area contributed by atoms with Gasteiger partial charge >= 0.3 is 0 Å². The summed E-state index contributed by atoms with van der Waals surface area (Å²) >= 11 is 0. The third-order valence-corrected chi connectivity index (χ3v) is 6.24. The van der Waals surface area contributed by atoms with E-state index in [9.17, 15) is 4.79 Å². The van der Waals surface area contributed by atoms with Gasteiger partial charge in [0.15, 0.2) is 0 Å². The Labute approximate surface area is 147 Å². The van der Waals surface area contributed by atoms with Gasteiger partial charge in [0.25, 0.3) is 0 Å².